The molecule has 2 aliphatic rings. The maximum Gasteiger partial charge on any atom is 0.221 e. The fourth-order valence-electron chi connectivity index (χ4n) is 3.21. The molecule has 3 heteroatoms. The molecule has 1 saturated heterocycles. The van der Waals surface area contributed by atoms with Gasteiger partial charge in [0.2, 0.25) is 5.91 Å². The number of rotatable bonds is 3. The monoisotopic (exact) mass is 238 g/mol. The Labute approximate surface area is 105 Å². The van der Waals surface area contributed by atoms with Crippen LogP contribution in [0.4, 0.5) is 0 Å². The molecule has 0 spiro atoms. The zero-order valence-corrected chi connectivity index (χ0v) is 11.2. The Balaban J connectivity index is 1.76. The molecule has 0 aromatic rings. The summed E-state index contributed by atoms with van der Waals surface area (Å²) >= 11 is 0. The quantitative estimate of drug-likeness (QED) is 0.790. The number of hydrogen-bond donors (Lipinski definition) is 2. The van der Waals surface area contributed by atoms with Crippen molar-refractivity contribution in [2.45, 2.75) is 64.5 Å². The molecule has 1 amide bonds. The van der Waals surface area contributed by atoms with Gasteiger partial charge in [-0.25, -0.2) is 0 Å². The molecule has 98 valence electrons. The van der Waals surface area contributed by atoms with Crippen LogP contribution in [-0.4, -0.2) is 24.5 Å². The van der Waals surface area contributed by atoms with Gasteiger partial charge in [0.05, 0.1) is 0 Å². The maximum atomic E-state index is 12.0. The van der Waals surface area contributed by atoms with Crippen molar-refractivity contribution in [2.75, 3.05) is 6.54 Å². The van der Waals surface area contributed by atoms with Crippen LogP contribution in [0.1, 0.15) is 52.4 Å². The van der Waals surface area contributed by atoms with E-state index in [9.17, 15) is 4.79 Å². The zero-order chi connectivity index (χ0) is 12.3. The van der Waals surface area contributed by atoms with Crippen molar-refractivity contribution < 1.29 is 4.79 Å². The summed E-state index contributed by atoms with van der Waals surface area (Å²) in [5, 5.41) is 6.63. The summed E-state index contributed by atoms with van der Waals surface area (Å²) in [6.45, 7) is 5.67. The molecule has 17 heavy (non-hydrogen) atoms. The van der Waals surface area contributed by atoms with Gasteiger partial charge in [0.15, 0.2) is 0 Å². The van der Waals surface area contributed by atoms with E-state index in [4.69, 9.17) is 0 Å². The second kappa shape index (κ2) is 5.85. The van der Waals surface area contributed by atoms with E-state index in [1.165, 1.54) is 19.3 Å². The molecule has 2 fully saturated rings. The lowest BCUT2D eigenvalue weighted by Gasteiger charge is -2.34. The van der Waals surface area contributed by atoms with Gasteiger partial charge < -0.3 is 10.6 Å². The first kappa shape index (κ1) is 12.9. The van der Waals surface area contributed by atoms with Crippen LogP contribution in [0.2, 0.25) is 0 Å². The molecule has 1 aliphatic carbocycles. The van der Waals surface area contributed by atoms with Crippen LogP contribution in [0, 0.1) is 11.8 Å². The molecule has 0 bridgehead atoms. The first-order valence-electron chi connectivity index (χ1n) is 7.19. The second-order valence-corrected chi connectivity index (χ2v) is 5.94. The normalized spacial score (nSPS) is 38.0. The summed E-state index contributed by atoms with van der Waals surface area (Å²) in [5.41, 5.74) is 0. The molecule has 0 aromatic heterocycles. The highest BCUT2D eigenvalue weighted by molar-refractivity contribution is 5.77. The minimum absolute atomic E-state index is 0.246. The zero-order valence-electron chi connectivity index (χ0n) is 11.2. The van der Waals surface area contributed by atoms with Gasteiger partial charge in [-0.3, -0.25) is 4.79 Å². The SMILES string of the molecule is CC1CCCC(NC(=O)CC2CCCN2)C1C. The molecule has 2 N–H and O–H groups in total. The fraction of sp³-hybridized carbons (Fsp3) is 0.929. The predicted molar refractivity (Wildman–Crippen MR) is 69.8 cm³/mol. The average Bonchev–Trinajstić information content (AvgIpc) is 2.77. The Bertz CT molecular complexity index is 261. The summed E-state index contributed by atoms with van der Waals surface area (Å²) in [6.07, 6.45) is 6.78. The topological polar surface area (TPSA) is 41.1 Å². The van der Waals surface area contributed by atoms with Gasteiger partial charge in [-0.2, -0.15) is 0 Å². The van der Waals surface area contributed by atoms with Crippen LogP contribution in [0.25, 0.3) is 0 Å². The summed E-state index contributed by atoms with van der Waals surface area (Å²) in [7, 11) is 0. The lowest BCUT2D eigenvalue weighted by Crippen LogP contribution is -2.45. The molecule has 1 aliphatic heterocycles. The molecule has 4 atom stereocenters. The highest BCUT2D eigenvalue weighted by atomic mass is 16.1. The van der Waals surface area contributed by atoms with E-state index in [1.807, 2.05) is 0 Å². The van der Waals surface area contributed by atoms with Crippen molar-refractivity contribution in [3.63, 3.8) is 0 Å². The number of carbonyl (C=O) groups is 1. The van der Waals surface area contributed by atoms with E-state index < -0.39 is 0 Å². The summed E-state index contributed by atoms with van der Waals surface area (Å²) in [6, 6.07) is 0.832. The first-order valence-corrected chi connectivity index (χ1v) is 7.19. The molecule has 1 saturated carbocycles. The number of nitrogens with one attached hydrogen (secondary N) is 2. The Morgan fingerprint density at radius 1 is 1.24 bits per heavy atom. The summed E-state index contributed by atoms with van der Waals surface area (Å²) in [4.78, 5) is 12.0. The highest BCUT2D eigenvalue weighted by Crippen LogP contribution is 2.29. The minimum Gasteiger partial charge on any atom is -0.353 e. The van der Waals surface area contributed by atoms with E-state index in [-0.39, 0.29) is 5.91 Å². The molecule has 2 rings (SSSR count). The molecule has 1 heterocycles. The third-order valence-electron chi connectivity index (χ3n) is 4.65. The Kier molecular flexibility index (Phi) is 4.43. The van der Waals surface area contributed by atoms with Crippen LogP contribution in [0.3, 0.4) is 0 Å². The minimum atomic E-state index is 0.246. The van der Waals surface area contributed by atoms with E-state index >= 15 is 0 Å². The highest BCUT2D eigenvalue weighted by Gasteiger charge is 2.28. The van der Waals surface area contributed by atoms with Gasteiger partial charge in [0.25, 0.3) is 0 Å². The maximum absolute atomic E-state index is 12.0. The number of carbonyl (C=O) groups excluding carboxylic acids is 1. The molecule has 4 unspecified atom stereocenters. The standard InChI is InChI=1S/C14H26N2O/c1-10-5-3-7-13(11(10)2)16-14(17)9-12-6-4-8-15-12/h10-13,15H,3-9H2,1-2H3,(H,16,17). The van der Waals surface area contributed by atoms with Gasteiger partial charge in [0.1, 0.15) is 0 Å². The molecule has 3 nitrogen and oxygen atoms in total. The smallest absolute Gasteiger partial charge is 0.221 e. The number of amides is 1. The van der Waals surface area contributed by atoms with Crippen LogP contribution in [0.15, 0.2) is 0 Å². The molecule has 0 aromatic carbocycles. The Morgan fingerprint density at radius 3 is 2.76 bits per heavy atom. The first-order chi connectivity index (χ1) is 8.16. The molecular weight excluding hydrogens is 212 g/mol. The Hall–Kier alpha value is -0.570. The summed E-state index contributed by atoms with van der Waals surface area (Å²) < 4.78 is 0. The van der Waals surface area contributed by atoms with Crippen molar-refractivity contribution in [3.05, 3.63) is 0 Å². The predicted octanol–water partition coefficient (Wildman–Crippen LogP) is 2.07. The average molecular weight is 238 g/mol. The molecule has 0 radical (unpaired) electrons. The van der Waals surface area contributed by atoms with Crippen molar-refractivity contribution in [1.82, 2.24) is 10.6 Å². The van der Waals surface area contributed by atoms with Crippen LogP contribution < -0.4 is 10.6 Å². The van der Waals surface area contributed by atoms with Gasteiger partial charge in [-0.05, 0) is 37.6 Å². The van der Waals surface area contributed by atoms with Gasteiger partial charge >= 0.3 is 0 Å². The van der Waals surface area contributed by atoms with Gasteiger partial charge in [-0.15, -0.1) is 0 Å². The van der Waals surface area contributed by atoms with Crippen molar-refractivity contribution in [1.29, 1.82) is 0 Å². The van der Waals surface area contributed by atoms with E-state index in [2.05, 4.69) is 24.5 Å². The van der Waals surface area contributed by atoms with Crippen molar-refractivity contribution in [2.24, 2.45) is 11.8 Å². The van der Waals surface area contributed by atoms with Gasteiger partial charge in [0, 0.05) is 18.5 Å². The Morgan fingerprint density at radius 2 is 2.06 bits per heavy atom. The molecular formula is C14H26N2O. The van der Waals surface area contributed by atoms with Crippen LogP contribution in [-0.2, 0) is 4.79 Å². The van der Waals surface area contributed by atoms with Crippen molar-refractivity contribution in [3.8, 4) is 0 Å². The third kappa shape index (κ3) is 3.44. The summed E-state index contributed by atoms with van der Waals surface area (Å²) in [5.74, 6) is 1.62. The van der Waals surface area contributed by atoms with E-state index in [0.717, 1.165) is 25.3 Å². The third-order valence-corrected chi connectivity index (χ3v) is 4.65. The fourth-order valence-corrected chi connectivity index (χ4v) is 3.21. The lowest BCUT2D eigenvalue weighted by atomic mass is 9.78. The second-order valence-electron chi connectivity index (χ2n) is 5.94. The van der Waals surface area contributed by atoms with Crippen LogP contribution in [0.5, 0.6) is 0 Å². The van der Waals surface area contributed by atoms with E-state index in [0.29, 0.717) is 24.4 Å². The lowest BCUT2D eigenvalue weighted by molar-refractivity contribution is -0.123. The van der Waals surface area contributed by atoms with E-state index in [1.54, 1.807) is 0 Å². The van der Waals surface area contributed by atoms with Gasteiger partial charge in [-0.1, -0.05) is 26.7 Å². The largest absolute Gasteiger partial charge is 0.353 e. The van der Waals surface area contributed by atoms with Crippen LogP contribution >= 0.6 is 0 Å². The number of hydrogen-bond acceptors (Lipinski definition) is 2. The van der Waals surface area contributed by atoms with Crippen molar-refractivity contribution >= 4 is 5.91 Å².